The van der Waals surface area contributed by atoms with E-state index in [9.17, 15) is 9.59 Å². The number of carbonyl (C=O) groups excluding carboxylic acids is 2. The highest BCUT2D eigenvalue weighted by atomic mass is 16.6. The first kappa shape index (κ1) is 13.3. The fraction of sp³-hybridized carbons (Fsp3) is 0.846. The van der Waals surface area contributed by atoms with Crippen LogP contribution in [0.15, 0.2) is 0 Å². The fourth-order valence-corrected chi connectivity index (χ4v) is 2.73. The quantitative estimate of drug-likeness (QED) is 0.661. The summed E-state index contributed by atoms with van der Waals surface area (Å²) < 4.78 is 5.38. The molecule has 2 aliphatic heterocycles. The van der Waals surface area contributed by atoms with Crippen molar-refractivity contribution in [3.8, 4) is 0 Å². The van der Waals surface area contributed by atoms with E-state index in [-0.39, 0.29) is 12.1 Å². The summed E-state index contributed by atoms with van der Waals surface area (Å²) in [6, 6.07) is 0.372. The molecule has 1 amide bonds. The molecule has 0 aliphatic carbocycles. The molecule has 2 heterocycles. The molecule has 0 aromatic carbocycles. The zero-order valence-electron chi connectivity index (χ0n) is 11.4. The van der Waals surface area contributed by atoms with Gasteiger partial charge in [-0.2, -0.15) is 0 Å². The van der Waals surface area contributed by atoms with Gasteiger partial charge in [0.2, 0.25) is 0 Å². The molecule has 2 fully saturated rings. The lowest BCUT2D eigenvalue weighted by Crippen LogP contribution is -2.55. The molecule has 0 spiro atoms. The van der Waals surface area contributed by atoms with Crippen molar-refractivity contribution in [3.63, 3.8) is 0 Å². The minimum atomic E-state index is -0.449. The minimum Gasteiger partial charge on any atom is -0.444 e. The summed E-state index contributed by atoms with van der Waals surface area (Å²) in [5.74, 6) is 0. The van der Waals surface area contributed by atoms with Crippen molar-refractivity contribution in [2.24, 2.45) is 0 Å². The summed E-state index contributed by atoms with van der Waals surface area (Å²) in [5, 5.41) is 0. The maximum Gasteiger partial charge on any atom is 0.410 e. The maximum absolute atomic E-state index is 12.0. The molecule has 2 unspecified atom stereocenters. The number of carbonyl (C=O) groups is 2. The van der Waals surface area contributed by atoms with Crippen LogP contribution >= 0.6 is 0 Å². The molecule has 0 saturated carbocycles. The smallest absolute Gasteiger partial charge is 0.410 e. The maximum atomic E-state index is 12.0. The number of aldehydes is 1. The van der Waals surface area contributed by atoms with Crippen LogP contribution in [0, 0.1) is 0 Å². The average Bonchev–Trinajstić information content (AvgIpc) is 2.68. The van der Waals surface area contributed by atoms with Gasteiger partial charge in [0.25, 0.3) is 0 Å². The van der Waals surface area contributed by atoms with Crippen LogP contribution in [-0.4, -0.2) is 59.5 Å². The van der Waals surface area contributed by atoms with Gasteiger partial charge in [-0.1, -0.05) is 0 Å². The predicted octanol–water partition coefficient (Wildman–Crippen LogP) is 1.27. The molecule has 0 aromatic heterocycles. The van der Waals surface area contributed by atoms with Crippen LogP contribution in [0.25, 0.3) is 0 Å². The van der Waals surface area contributed by atoms with E-state index in [2.05, 4.69) is 4.90 Å². The highest BCUT2D eigenvalue weighted by Gasteiger charge is 2.39. The van der Waals surface area contributed by atoms with E-state index in [1.54, 1.807) is 4.90 Å². The lowest BCUT2D eigenvalue weighted by Gasteiger charge is -2.39. The highest BCUT2D eigenvalue weighted by Crippen LogP contribution is 2.27. The van der Waals surface area contributed by atoms with E-state index in [1.807, 2.05) is 20.8 Å². The minimum absolute atomic E-state index is 0.0517. The van der Waals surface area contributed by atoms with Crippen LogP contribution in [0.1, 0.15) is 33.6 Å². The first-order chi connectivity index (χ1) is 8.40. The monoisotopic (exact) mass is 254 g/mol. The van der Waals surface area contributed by atoms with E-state index in [4.69, 9.17) is 4.74 Å². The second kappa shape index (κ2) is 4.88. The lowest BCUT2D eigenvalue weighted by molar-refractivity contribution is -0.112. The van der Waals surface area contributed by atoms with Gasteiger partial charge in [0.15, 0.2) is 0 Å². The highest BCUT2D eigenvalue weighted by molar-refractivity contribution is 5.68. The molecule has 18 heavy (non-hydrogen) atoms. The number of amides is 1. The van der Waals surface area contributed by atoms with E-state index in [0.717, 1.165) is 25.7 Å². The zero-order chi connectivity index (χ0) is 13.3. The summed E-state index contributed by atoms with van der Waals surface area (Å²) >= 11 is 0. The van der Waals surface area contributed by atoms with Crippen LogP contribution in [0.3, 0.4) is 0 Å². The summed E-state index contributed by atoms with van der Waals surface area (Å²) in [6.07, 6.45) is 2.69. The summed E-state index contributed by atoms with van der Waals surface area (Å²) in [6.45, 7) is 7.72. The third-order valence-electron chi connectivity index (χ3n) is 3.56. The number of nitrogens with zero attached hydrogens (tertiary/aromatic N) is 2. The van der Waals surface area contributed by atoms with Crippen molar-refractivity contribution in [1.82, 2.24) is 9.80 Å². The molecule has 102 valence electrons. The van der Waals surface area contributed by atoms with Gasteiger partial charge in [-0.25, -0.2) is 4.79 Å². The van der Waals surface area contributed by atoms with Gasteiger partial charge in [0, 0.05) is 25.7 Å². The molecule has 0 bridgehead atoms. The molecule has 2 saturated heterocycles. The number of hydrogen-bond acceptors (Lipinski definition) is 4. The van der Waals surface area contributed by atoms with Gasteiger partial charge in [0.05, 0.1) is 6.04 Å². The molecular weight excluding hydrogens is 232 g/mol. The molecule has 2 rings (SSSR count). The van der Waals surface area contributed by atoms with E-state index < -0.39 is 5.60 Å². The Kier molecular flexibility index (Phi) is 3.61. The van der Waals surface area contributed by atoms with Crippen molar-refractivity contribution < 1.29 is 14.3 Å². The Labute approximate surface area is 108 Å². The number of fused-ring (bicyclic) bond motifs is 1. The van der Waals surface area contributed by atoms with Gasteiger partial charge in [-0.15, -0.1) is 0 Å². The van der Waals surface area contributed by atoms with Crippen molar-refractivity contribution in [1.29, 1.82) is 0 Å². The Morgan fingerprint density at radius 1 is 1.28 bits per heavy atom. The molecule has 5 nitrogen and oxygen atoms in total. The fourth-order valence-electron chi connectivity index (χ4n) is 2.73. The molecule has 2 aliphatic rings. The van der Waals surface area contributed by atoms with Crippen LogP contribution in [0.2, 0.25) is 0 Å². The number of ether oxygens (including phenoxy) is 1. The Morgan fingerprint density at radius 3 is 2.61 bits per heavy atom. The van der Waals surface area contributed by atoms with E-state index >= 15 is 0 Å². The topological polar surface area (TPSA) is 49.9 Å². The van der Waals surface area contributed by atoms with Crippen LogP contribution in [0.5, 0.6) is 0 Å². The summed E-state index contributed by atoms with van der Waals surface area (Å²) in [5.41, 5.74) is -0.449. The SMILES string of the molecule is CC(C)(C)OC(=O)N1CCN2C(C=O)CCC2C1. The van der Waals surface area contributed by atoms with Gasteiger partial charge in [0.1, 0.15) is 11.9 Å². The van der Waals surface area contributed by atoms with Crippen molar-refractivity contribution >= 4 is 12.4 Å². The average molecular weight is 254 g/mol. The van der Waals surface area contributed by atoms with Crippen molar-refractivity contribution in [3.05, 3.63) is 0 Å². The Hall–Kier alpha value is -1.10. The molecule has 0 N–H and O–H groups in total. The largest absolute Gasteiger partial charge is 0.444 e. The van der Waals surface area contributed by atoms with Crippen LogP contribution in [-0.2, 0) is 9.53 Å². The van der Waals surface area contributed by atoms with Crippen molar-refractivity contribution in [2.75, 3.05) is 19.6 Å². The molecule has 2 atom stereocenters. The van der Waals surface area contributed by atoms with Crippen LogP contribution in [0.4, 0.5) is 4.79 Å². The van der Waals surface area contributed by atoms with E-state index in [1.165, 1.54) is 0 Å². The summed E-state index contributed by atoms with van der Waals surface area (Å²) in [7, 11) is 0. The molecule has 0 radical (unpaired) electrons. The Balaban J connectivity index is 1.92. The molecule has 0 aromatic rings. The molecular formula is C13H22N2O3. The third-order valence-corrected chi connectivity index (χ3v) is 3.56. The molecule has 5 heteroatoms. The second-order valence-electron chi connectivity index (χ2n) is 6.10. The van der Waals surface area contributed by atoms with Crippen molar-refractivity contribution in [2.45, 2.75) is 51.3 Å². The van der Waals surface area contributed by atoms with Gasteiger partial charge >= 0.3 is 6.09 Å². The van der Waals surface area contributed by atoms with Gasteiger partial charge in [-0.05, 0) is 33.6 Å². The van der Waals surface area contributed by atoms with Gasteiger partial charge in [-0.3, -0.25) is 4.90 Å². The number of piperazine rings is 1. The normalized spacial score (nSPS) is 28.9. The first-order valence-corrected chi connectivity index (χ1v) is 6.59. The zero-order valence-corrected chi connectivity index (χ0v) is 11.4. The first-order valence-electron chi connectivity index (χ1n) is 6.59. The second-order valence-corrected chi connectivity index (χ2v) is 6.10. The Bertz CT molecular complexity index is 338. The summed E-state index contributed by atoms with van der Waals surface area (Å²) in [4.78, 5) is 26.9. The van der Waals surface area contributed by atoms with E-state index in [0.29, 0.717) is 19.1 Å². The third kappa shape index (κ3) is 2.83. The van der Waals surface area contributed by atoms with Crippen LogP contribution < -0.4 is 0 Å². The van der Waals surface area contributed by atoms with Gasteiger partial charge < -0.3 is 14.4 Å². The Morgan fingerprint density at radius 2 is 2.00 bits per heavy atom. The number of rotatable bonds is 1. The predicted molar refractivity (Wildman–Crippen MR) is 67.4 cm³/mol. The standard InChI is InChI=1S/C13H22N2O3/c1-13(2,3)18-12(17)14-6-7-15-10(8-14)4-5-11(15)9-16/h9-11H,4-8H2,1-3H3. The number of hydrogen-bond donors (Lipinski definition) is 0. The lowest BCUT2D eigenvalue weighted by atomic mass is 10.1.